The molecule has 1 aliphatic rings. The highest BCUT2D eigenvalue weighted by Crippen LogP contribution is 2.33. The zero-order chi connectivity index (χ0) is 31.5. The Morgan fingerprint density at radius 1 is 1.10 bits per heavy atom. The van der Waals surface area contributed by atoms with Gasteiger partial charge in [-0.3, -0.25) is 4.99 Å². The number of benzene rings is 2. The standard InChI is InChI=1S/C22H32FN.C12H17N.C4H9N/c1-5-9-17(3)10-7-8-11-20-12-13-22(21(23)15-20)24-16-19(6-2)14-18(24)4;1-10-4-7-12(8-5-10)9-6-11(2)13-3;1-4(2)5-3/h6,12-13,15,17,19H,2,4-5,7-11,14,16H2,1,3H3;4-5,7-8H,6,9H2,1-3H3;5H,1H2,2-3H3. The first-order chi connectivity index (χ1) is 20.0. The van der Waals surface area contributed by atoms with Crippen molar-refractivity contribution in [3.63, 3.8) is 0 Å². The highest BCUT2D eigenvalue weighted by atomic mass is 19.1. The Bertz CT molecular complexity index is 1120. The third kappa shape index (κ3) is 14.7. The number of nitrogens with zero attached hydrogens (tertiary/aromatic N) is 2. The third-order valence-electron chi connectivity index (χ3n) is 7.83. The van der Waals surface area contributed by atoms with Gasteiger partial charge in [0.1, 0.15) is 5.82 Å². The van der Waals surface area contributed by atoms with Gasteiger partial charge in [-0.2, -0.15) is 0 Å². The molecular formula is C38H58FN3. The van der Waals surface area contributed by atoms with E-state index in [4.69, 9.17) is 0 Å². The maximum absolute atomic E-state index is 14.5. The Morgan fingerprint density at radius 2 is 1.74 bits per heavy atom. The first-order valence-electron chi connectivity index (χ1n) is 15.7. The highest BCUT2D eigenvalue weighted by Gasteiger charge is 2.26. The van der Waals surface area contributed by atoms with Crippen LogP contribution in [0.5, 0.6) is 0 Å². The largest absolute Gasteiger partial charge is 0.392 e. The highest BCUT2D eigenvalue weighted by molar-refractivity contribution is 5.81. The molecule has 1 saturated heterocycles. The first kappa shape index (κ1) is 36.9. The summed E-state index contributed by atoms with van der Waals surface area (Å²) in [6.07, 6.45) is 12.2. The van der Waals surface area contributed by atoms with Crippen molar-refractivity contribution >= 4 is 11.4 Å². The van der Waals surface area contributed by atoms with E-state index in [0.717, 1.165) is 61.5 Å². The van der Waals surface area contributed by atoms with Crippen molar-refractivity contribution in [3.05, 3.63) is 102 Å². The summed E-state index contributed by atoms with van der Waals surface area (Å²) in [6, 6.07) is 14.4. The number of halogens is 1. The van der Waals surface area contributed by atoms with Crippen LogP contribution in [0.15, 0.2) is 84.7 Å². The molecule has 1 aliphatic heterocycles. The summed E-state index contributed by atoms with van der Waals surface area (Å²) < 4.78 is 14.5. The van der Waals surface area contributed by atoms with E-state index in [9.17, 15) is 4.39 Å². The molecule has 0 aromatic heterocycles. The van der Waals surface area contributed by atoms with Crippen LogP contribution < -0.4 is 10.2 Å². The van der Waals surface area contributed by atoms with Crippen molar-refractivity contribution in [2.24, 2.45) is 16.8 Å². The predicted molar refractivity (Wildman–Crippen MR) is 185 cm³/mol. The lowest BCUT2D eigenvalue weighted by atomic mass is 9.97. The lowest BCUT2D eigenvalue weighted by Crippen LogP contribution is -2.18. The van der Waals surface area contributed by atoms with E-state index < -0.39 is 0 Å². The summed E-state index contributed by atoms with van der Waals surface area (Å²) in [5.74, 6) is 1.06. The Labute approximate surface area is 257 Å². The summed E-state index contributed by atoms with van der Waals surface area (Å²) >= 11 is 0. The minimum Gasteiger partial charge on any atom is -0.392 e. The number of nitrogens with one attached hydrogen (secondary N) is 1. The van der Waals surface area contributed by atoms with Crippen LogP contribution in [-0.2, 0) is 12.8 Å². The van der Waals surface area contributed by atoms with Crippen LogP contribution in [0, 0.1) is 24.6 Å². The van der Waals surface area contributed by atoms with Crippen LogP contribution in [0.2, 0.25) is 0 Å². The molecule has 1 fully saturated rings. The van der Waals surface area contributed by atoms with E-state index >= 15 is 0 Å². The molecule has 2 aromatic carbocycles. The van der Waals surface area contributed by atoms with Crippen molar-refractivity contribution in [2.75, 3.05) is 25.5 Å². The van der Waals surface area contributed by atoms with E-state index in [-0.39, 0.29) is 5.82 Å². The maximum atomic E-state index is 14.5. The number of aliphatic imine (C=N–C) groups is 1. The van der Waals surface area contributed by atoms with Crippen LogP contribution in [0.4, 0.5) is 10.1 Å². The van der Waals surface area contributed by atoms with Crippen LogP contribution in [-0.4, -0.2) is 26.4 Å². The second-order valence-corrected chi connectivity index (χ2v) is 11.8. The van der Waals surface area contributed by atoms with Gasteiger partial charge in [0.2, 0.25) is 0 Å². The third-order valence-corrected chi connectivity index (χ3v) is 7.83. The molecule has 42 heavy (non-hydrogen) atoms. The van der Waals surface area contributed by atoms with Gasteiger partial charge >= 0.3 is 0 Å². The number of hydrogen-bond donors (Lipinski definition) is 1. The molecule has 0 aliphatic carbocycles. The number of rotatable bonds is 13. The normalized spacial score (nSPS) is 15.2. The molecule has 2 aromatic rings. The van der Waals surface area contributed by atoms with Gasteiger partial charge in [-0.1, -0.05) is 94.7 Å². The van der Waals surface area contributed by atoms with Crippen molar-refractivity contribution in [2.45, 2.75) is 92.4 Å². The summed E-state index contributed by atoms with van der Waals surface area (Å²) in [4.78, 5) is 6.14. The molecule has 1 N–H and O–H groups in total. The minimum absolute atomic E-state index is 0.127. The van der Waals surface area contributed by atoms with Crippen molar-refractivity contribution in [3.8, 4) is 0 Å². The van der Waals surface area contributed by atoms with E-state index in [0.29, 0.717) is 11.6 Å². The van der Waals surface area contributed by atoms with Gasteiger partial charge in [0.25, 0.3) is 0 Å². The zero-order valence-electron chi connectivity index (χ0n) is 27.7. The molecule has 0 bridgehead atoms. The van der Waals surface area contributed by atoms with Crippen molar-refractivity contribution < 1.29 is 4.39 Å². The number of unbranched alkanes of at least 4 members (excludes halogenated alkanes) is 1. The fourth-order valence-electron chi connectivity index (χ4n) is 4.84. The molecule has 232 valence electrons. The van der Waals surface area contributed by atoms with E-state index in [1.807, 2.05) is 38.1 Å². The van der Waals surface area contributed by atoms with E-state index in [1.165, 1.54) is 42.5 Å². The van der Waals surface area contributed by atoms with Gasteiger partial charge < -0.3 is 10.2 Å². The summed E-state index contributed by atoms with van der Waals surface area (Å²) in [5, 5.41) is 2.83. The first-order valence-corrected chi connectivity index (χ1v) is 15.7. The molecule has 0 radical (unpaired) electrons. The van der Waals surface area contributed by atoms with E-state index in [1.54, 1.807) is 6.07 Å². The Morgan fingerprint density at radius 3 is 2.26 bits per heavy atom. The average molecular weight is 576 g/mol. The fraction of sp³-hybridized carbons (Fsp3) is 0.500. The van der Waals surface area contributed by atoms with Crippen LogP contribution >= 0.6 is 0 Å². The Balaban J connectivity index is 0.000000409. The fourth-order valence-corrected chi connectivity index (χ4v) is 4.84. The summed E-state index contributed by atoms with van der Waals surface area (Å²) in [5.41, 5.74) is 7.69. The number of allylic oxidation sites excluding steroid dienone is 2. The molecule has 0 spiro atoms. The SMILES string of the molecule is C=C(C)NC.C=CC1CC(=C)N(c2ccc(CCCCC(C)CCC)cc2F)C1.CN=C(C)CCc1ccc(C)cc1. The lowest BCUT2D eigenvalue weighted by molar-refractivity contribution is 0.461. The minimum atomic E-state index is -0.127. The average Bonchev–Trinajstić information content (AvgIpc) is 3.36. The molecule has 2 atom stereocenters. The molecule has 3 rings (SSSR count). The molecule has 1 heterocycles. The number of aryl methyl sites for hydroxylation is 3. The maximum Gasteiger partial charge on any atom is 0.147 e. The summed E-state index contributed by atoms with van der Waals surface area (Å²) in [7, 11) is 3.70. The van der Waals surface area contributed by atoms with Gasteiger partial charge in [0.15, 0.2) is 0 Å². The van der Waals surface area contributed by atoms with E-state index in [2.05, 4.69) is 88.1 Å². The molecule has 0 saturated carbocycles. The van der Waals surface area contributed by atoms with Crippen LogP contribution in [0.3, 0.4) is 0 Å². The molecule has 3 nitrogen and oxygen atoms in total. The molecule has 4 heteroatoms. The monoisotopic (exact) mass is 575 g/mol. The zero-order valence-corrected chi connectivity index (χ0v) is 27.7. The van der Waals surface area contributed by atoms with Gasteiger partial charge in [-0.25, -0.2) is 4.39 Å². The van der Waals surface area contributed by atoms with Gasteiger partial charge in [-0.05, 0) is 93.7 Å². The molecular weight excluding hydrogens is 517 g/mol. The smallest absolute Gasteiger partial charge is 0.147 e. The number of hydrogen-bond acceptors (Lipinski definition) is 3. The summed E-state index contributed by atoms with van der Waals surface area (Å²) in [6.45, 7) is 23.0. The molecule has 0 amide bonds. The van der Waals surface area contributed by atoms with Crippen LogP contribution in [0.1, 0.15) is 89.3 Å². The second-order valence-electron chi connectivity index (χ2n) is 11.8. The molecule has 2 unspecified atom stereocenters. The quantitative estimate of drug-likeness (QED) is 0.146. The van der Waals surface area contributed by atoms with Gasteiger partial charge in [-0.15, -0.1) is 6.58 Å². The topological polar surface area (TPSA) is 27.6 Å². The van der Waals surface area contributed by atoms with Gasteiger partial charge in [0.05, 0.1) is 5.69 Å². The number of anilines is 1. The lowest BCUT2D eigenvalue weighted by Gasteiger charge is -2.20. The second kappa shape index (κ2) is 20.7. The van der Waals surface area contributed by atoms with Crippen molar-refractivity contribution in [1.82, 2.24) is 5.32 Å². The Kier molecular flexibility index (Phi) is 18.2. The van der Waals surface area contributed by atoms with Crippen LogP contribution in [0.25, 0.3) is 0 Å². The Hall–Kier alpha value is -3.14. The van der Waals surface area contributed by atoms with Gasteiger partial charge in [0, 0.05) is 32.0 Å². The van der Waals surface area contributed by atoms with Crippen molar-refractivity contribution in [1.29, 1.82) is 0 Å². The predicted octanol–water partition coefficient (Wildman–Crippen LogP) is 10.3.